The number of benzene rings is 2. The Morgan fingerprint density at radius 1 is 0.929 bits per heavy atom. The van der Waals surface area contributed by atoms with Gasteiger partial charge < -0.3 is 33.9 Å². The molecule has 0 bridgehead atoms. The van der Waals surface area contributed by atoms with E-state index in [-0.39, 0.29) is 42.0 Å². The Bertz CT molecular complexity index is 1890. The molecular weight excluding hydrogens is 716 g/mol. The number of amides is 4. The third-order valence-corrected chi connectivity index (χ3v) is 11.8. The smallest absolute Gasteiger partial charge is 0.417 e. The third kappa shape index (κ3) is 9.74. The molecule has 0 saturated carbocycles. The van der Waals surface area contributed by atoms with Gasteiger partial charge in [0, 0.05) is 56.4 Å². The van der Waals surface area contributed by atoms with E-state index < -0.39 is 5.76 Å². The van der Waals surface area contributed by atoms with E-state index in [0.29, 0.717) is 62.9 Å². The van der Waals surface area contributed by atoms with Gasteiger partial charge in [0.1, 0.15) is 6.04 Å². The molecule has 1 aromatic heterocycles. The van der Waals surface area contributed by atoms with Crippen LogP contribution >= 0.6 is 0 Å². The lowest BCUT2D eigenvalue weighted by molar-refractivity contribution is -0.150. The van der Waals surface area contributed by atoms with E-state index in [4.69, 9.17) is 13.9 Å². The van der Waals surface area contributed by atoms with Gasteiger partial charge in [-0.25, -0.2) is 14.4 Å². The molecule has 14 nitrogen and oxygen atoms in total. The number of hydrogen-bond donors (Lipinski definition) is 2. The second kappa shape index (κ2) is 18.9. The van der Waals surface area contributed by atoms with Gasteiger partial charge in [0.25, 0.3) is 0 Å². The van der Waals surface area contributed by atoms with Crippen LogP contribution in [0.3, 0.4) is 0 Å². The van der Waals surface area contributed by atoms with Crippen LogP contribution in [0.15, 0.2) is 45.6 Å². The number of fused-ring (bicyclic) bond motifs is 2. The van der Waals surface area contributed by atoms with Gasteiger partial charge >= 0.3 is 23.8 Å². The molecule has 56 heavy (non-hydrogen) atoms. The summed E-state index contributed by atoms with van der Waals surface area (Å²) in [5.74, 6) is -0.545. The zero-order chi connectivity index (χ0) is 39.8. The maximum Gasteiger partial charge on any atom is 0.417 e. The van der Waals surface area contributed by atoms with Crippen LogP contribution in [0.2, 0.25) is 0 Å². The number of ether oxygens (including phenoxy) is 2. The van der Waals surface area contributed by atoms with Crippen molar-refractivity contribution < 1.29 is 33.1 Å². The number of hydrogen-bond acceptors (Lipinski definition) is 9. The van der Waals surface area contributed by atoms with Crippen molar-refractivity contribution in [3.05, 3.63) is 63.6 Å². The van der Waals surface area contributed by atoms with Gasteiger partial charge in [-0.05, 0) is 100 Å². The number of aromatic amines is 1. The van der Waals surface area contributed by atoms with Crippen LogP contribution in [0, 0.1) is 12.8 Å². The number of esters is 1. The van der Waals surface area contributed by atoms with Gasteiger partial charge in [0.15, 0.2) is 5.58 Å². The van der Waals surface area contributed by atoms with Gasteiger partial charge in [0.05, 0.1) is 19.2 Å². The van der Waals surface area contributed by atoms with E-state index in [1.807, 2.05) is 54.0 Å². The molecule has 14 heteroatoms. The topological polar surface area (TPSA) is 158 Å². The minimum absolute atomic E-state index is 0.0403. The first-order valence-corrected chi connectivity index (χ1v) is 20.4. The molecule has 0 radical (unpaired) electrons. The summed E-state index contributed by atoms with van der Waals surface area (Å²) in [5.41, 5.74) is 5.25. The minimum atomic E-state index is -0.461. The Morgan fingerprint density at radius 2 is 1.64 bits per heavy atom. The number of anilines is 1. The molecule has 4 aliphatic heterocycles. The maximum atomic E-state index is 13.2. The normalized spacial score (nSPS) is 20.1. The first-order chi connectivity index (χ1) is 27.1. The van der Waals surface area contributed by atoms with E-state index >= 15 is 0 Å². The Labute approximate surface area is 328 Å². The second-order valence-electron chi connectivity index (χ2n) is 15.6. The SMILES string of the molecule is CCCCOC(=O)[C@H]1CCCN1C1CCN(C(=O)[C@H](C)Cc2cc(C)c3[nH]c(=O)oc3c2)CC1.COC(=O)N1CCC(N2CCc3ccccc3NC2=O)CC1. The first kappa shape index (κ1) is 40.8. The Morgan fingerprint density at radius 3 is 2.38 bits per heavy atom. The summed E-state index contributed by atoms with van der Waals surface area (Å²) in [6.45, 7) is 10.8. The number of aromatic nitrogens is 1. The number of aryl methyl sites for hydroxylation is 1. The maximum absolute atomic E-state index is 13.2. The predicted octanol–water partition coefficient (Wildman–Crippen LogP) is 5.71. The van der Waals surface area contributed by atoms with Crippen molar-refractivity contribution in [2.75, 3.05) is 58.3 Å². The molecule has 3 fully saturated rings. The van der Waals surface area contributed by atoms with Crippen LogP contribution in [0.5, 0.6) is 0 Å². The number of para-hydroxylation sites is 1. The molecule has 2 N–H and O–H groups in total. The number of rotatable bonds is 9. The number of carbonyl (C=O) groups excluding carboxylic acids is 4. The zero-order valence-corrected chi connectivity index (χ0v) is 33.3. The number of oxazole rings is 1. The Kier molecular flexibility index (Phi) is 13.7. The number of H-pyrrole nitrogens is 1. The van der Waals surface area contributed by atoms with Crippen LogP contribution < -0.4 is 11.1 Å². The number of likely N-dealkylation sites (tertiary alicyclic amines) is 3. The quantitative estimate of drug-likeness (QED) is 0.205. The fourth-order valence-electron chi connectivity index (χ4n) is 8.70. The number of nitrogens with one attached hydrogen (secondary N) is 2. The molecule has 4 aliphatic rings. The number of carbonyl (C=O) groups is 4. The summed E-state index contributed by atoms with van der Waals surface area (Å²) in [7, 11) is 1.40. The van der Waals surface area contributed by atoms with Gasteiger partial charge in [0.2, 0.25) is 5.91 Å². The van der Waals surface area contributed by atoms with E-state index in [1.165, 1.54) is 12.7 Å². The van der Waals surface area contributed by atoms with Crippen LogP contribution in [0.25, 0.3) is 11.1 Å². The number of nitrogens with zero attached hydrogens (tertiary/aromatic N) is 4. The van der Waals surface area contributed by atoms with Crippen LogP contribution in [-0.2, 0) is 31.9 Å². The van der Waals surface area contributed by atoms with E-state index in [2.05, 4.69) is 28.2 Å². The molecule has 0 aliphatic carbocycles. The molecule has 5 heterocycles. The Balaban J connectivity index is 0.000000208. The molecule has 4 amide bonds. The highest BCUT2D eigenvalue weighted by atomic mass is 16.5. The lowest BCUT2D eigenvalue weighted by Crippen LogP contribution is -2.51. The fourth-order valence-corrected chi connectivity index (χ4v) is 8.70. The molecule has 0 unspecified atom stereocenters. The van der Waals surface area contributed by atoms with Crippen LogP contribution in [-0.4, -0.2) is 120 Å². The first-order valence-electron chi connectivity index (χ1n) is 20.4. The van der Waals surface area contributed by atoms with Crippen LogP contribution in [0.1, 0.15) is 81.9 Å². The van der Waals surface area contributed by atoms with Crippen molar-refractivity contribution >= 4 is 40.8 Å². The standard InChI is InChI=1S/C26H37N3O5.C16H21N3O3/c1-4-5-13-33-25(31)21-7-6-10-29(21)20-8-11-28(12-9-20)24(30)18(3)15-19-14-17(2)23-22(16-19)34-26(32)27-23;1-22-16(21)18-9-7-13(8-10-18)19-11-6-12-4-2-3-5-14(12)17-15(19)20/h14,16,18,20-21H,4-13,15H2,1-3H3,(H,27,32);2-5,13H,6-11H2,1H3,(H,17,20)/t18-,21-;/m1./s1. The molecule has 2 atom stereocenters. The van der Waals surface area contributed by atoms with Crippen molar-refractivity contribution in [2.45, 2.75) is 103 Å². The highest BCUT2D eigenvalue weighted by molar-refractivity contribution is 5.91. The third-order valence-electron chi connectivity index (χ3n) is 11.8. The van der Waals surface area contributed by atoms with Gasteiger partial charge in [-0.15, -0.1) is 0 Å². The molecule has 2 aromatic carbocycles. The second-order valence-corrected chi connectivity index (χ2v) is 15.6. The van der Waals surface area contributed by atoms with Crippen LogP contribution in [0.4, 0.5) is 15.3 Å². The summed E-state index contributed by atoms with van der Waals surface area (Å²) in [4.78, 5) is 71.8. The van der Waals surface area contributed by atoms with Gasteiger partial charge in [-0.3, -0.25) is 19.5 Å². The number of piperidine rings is 2. The van der Waals surface area contributed by atoms with Crippen molar-refractivity contribution in [2.24, 2.45) is 5.92 Å². The van der Waals surface area contributed by atoms with Gasteiger partial charge in [-0.2, -0.15) is 0 Å². The van der Waals surface area contributed by atoms with Crippen molar-refractivity contribution in [1.82, 2.24) is 24.6 Å². The molecule has 304 valence electrons. The van der Waals surface area contributed by atoms with Crippen molar-refractivity contribution in [3.63, 3.8) is 0 Å². The van der Waals surface area contributed by atoms with E-state index in [1.54, 1.807) is 4.90 Å². The average molecular weight is 775 g/mol. The predicted molar refractivity (Wildman–Crippen MR) is 213 cm³/mol. The lowest BCUT2D eigenvalue weighted by Gasteiger charge is -2.39. The van der Waals surface area contributed by atoms with E-state index in [0.717, 1.165) is 81.1 Å². The fraction of sp³-hybridized carbons (Fsp3) is 0.595. The molecule has 0 spiro atoms. The monoisotopic (exact) mass is 774 g/mol. The highest BCUT2D eigenvalue weighted by Crippen LogP contribution is 2.29. The molecule has 3 saturated heterocycles. The number of unbranched alkanes of at least 4 members (excludes halogenated alkanes) is 1. The summed E-state index contributed by atoms with van der Waals surface area (Å²) < 4.78 is 15.5. The van der Waals surface area contributed by atoms with Gasteiger partial charge in [-0.1, -0.05) is 44.5 Å². The average Bonchev–Trinajstić information content (AvgIpc) is 3.81. The van der Waals surface area contributed by atoms with E-state index in [9.17, 15) is 24.0 Å². The summed E-state index contributed by atoms with van der Waals surface area (Å²) in [5, 5.41) is 3.00. The summed E-state index contributed by atoms with van der Waals surface area (Å²) >= 11 is 0. The Hall–Kier alpha value is -4.85. The highest BCUT2D eigenvalue weighted by Gasteiger charge is 2.38. The molecular formula is C42H58N6O8. The zero-order valence-electron chi connectivity index (χ0n) is 33.3. The van der Waals surface area contributed by atoms with Crippen molar-refractivity contribution in [1.29, 1.82) is 0 Å². The van der Waals surface area contributed by atoms with Crippen molar-refractivity contribution in [3.8, 4) is 0 Å². The lowest BCUT2D eigenvalue weighted by atomic mass is 9.96. The number of urea groups is 1. The summed E-state index contributed by atoms with van der Waals surface area (Å²) in [6.07, 6.45) is 8.33. The minimum Gasteiger partial charge on any atom is -0.465 e. The molecule has 7 rings (SSSR count). The molecule has 3 aromatic rings. The largest absolute Gasteiger partial charge is 0.465 e. The number of methoxy groups -OCH3 is 1. The summed E-state index contributed by atoms with van der Waals surface area (Å²) in [6, 6.07) is 12.1.